The number of benzene rings is 2. The summed E-state index contributed by atoms with van der Waals surface area (Å²) < 4.78 is 18.8. The molecule has 0 bridgehead atoms. The van der Waals surface area contributed by atoms with Crippen molar-refractivity contribution in [3.8, 4) is 0 Å². The first kappa shape index (κ1) is 11.9. The average molecular weight is 256 g/mol. The van der Waals surface area contributed by atoms with Crippen molar-refractivity contribution in [1.82, 2.24) is 0 Å². The van der Waals surface area contributed by atoms with Gasteiger partial charge in [-0.1, -0.05) is 30.3 Å². The van der Waals surface area contributed by atoms with Gasteiger partial charge in [-0.3, -0.25) is 0 Å². The van der Waals surface area contributed by atoms with Gasteiger partial charge in [0.2, 0.25) is 0 Å². The second-order valence-corrected chi connectivity index (χ2v) is 4.73. The third-order valence-electron chi connectivity index (χ3n) is 3.29. The Morgan fingerprint density at radius 3 is 2.53 bits per heavy atom. The molecule has 0 aliphatic rings. The highest BCUT2D eigenvalue weighted by atomic mass is 19.1. The van der Waals surface area contributed by atoms with Crippen molar-refractivity contribution in [3.63, 3.8) is 0 Å². The zero-order valence-corrected chi connectivity index (χ0v) is 10.4. The van der Waals surface area contributed by atoms with Gasteiger partial charge in [0.05, 0.1) is 0 Å². The van der Waals surface area contributed by atoms with Gasteiger partial charge in [0.15, 0.2) is 0 Å². The van der Waals surface area contributed by atoms with Crippen LogP contribution in [0.5, 0.6) is 0 Å². The van der Waals surface area contributed by atoms with E-state index >= 15 is 0 Å². The lowest BCUT2D eigenvalue weighted by Gasteiger charge is -2.20. The number of rotatable bonds is 2. The summed E-state index contributed by atoms with van der Waals surface area (Å²) in [5, 5.41) is 11.3. The third-order valence-corrected chi connectivity index (χ3v) is 3.29. The Labute approximate surface area is 110 Å². The smallest absolute Gasteiger partial charge is 0.144 e. The minimum atomic E-state index is -1.24. The van der Waals surface area contributed by atoms with E-state index in [-0.39, 0.29) is 5.82 Å². The van der Waals surface area contributed by atoms with E-state index in [4.69, 9.17) is 4.42 Å². The molecule has 1 unspecified atom stereocenters. The van der Waals surface area contributed by atoms with Crippen LogP contribution in [-0.2, 0) is 5.60 Å². The van der Waals surface area contributed by atoms with Crippen LogP contribution in [-0.4, -0.2) is 5.11 Å². The van der Waals surface area contributed by atoms with Crippen LogP contribution in [0, 0.1) is 5.82 Å². The molecule has 19 heavy (non-hydrogen) atoms. The van der Waals surface area contributed by atoms with E-state index in [1.165, 1.54) is 12.1 Å². The number of halogens is 1. The lowest BCUT2D eigenvalue weighted by atomic mass is 9.93. The van der Waals surface area contributed by atoms with E-state index in [0.29, 0.717) is 16.7 Å². The van der Waals surface area contributed by atoms with E-state index in [0.717, 1.165) is 5.56 Å². The summed E-state index contributed by atoms with van der Waals surface area (Å²) >= 11 is 0. The maximum absolute atomic E-state index is 13.2. The first-order valence-electron chi connectivity index (χ1n) is 6.05. The monoisotopic (exact) mass is 256 g/mol. The van der Waals surface area contributed by atoms with Crippen molar-refractivity contribution in [2.24, 2.45) is 0 Å². The Morgan fingerprint density at radius 2 is 1.79 bits per heavy atom. The molecule has 0 saturated heterocycles. The lowest BCUT2D eigenvalue weighted by Crippen LogP contribution is -2.21. The summed E-state index contributed by atoms with van der Waals surface area (Å²) in [4.78, 5) is 0. The molecule has 0 saturated carbocycles. The Balaban J connectivity index is 2.13. The van der Waals surface area contributed by atoms with Gasteiger partial charge in [-0.15, -0.1) is 0 Å². The lowest BCUT2D eigenvalue weighted by molar-refractivity contribution is 0.0786. The maximum atomic E-state index is 13.2. The molecule has 2 aromatic carbocycles. The average Bonchev–Trinajstić information content (AvgIpc) is 2.83. The Morgan fingerprint density at radius 1 is 1.05 bits per heavy atom. The van der Waals surface area contributed by atoms with Crippen molar-refractivity contribution in [2.45, 2.75) is 12.5 Å². The molecule has 0 fully saturated rings. The van der Waals surface area contributed by atoms with Crippen molar-refractivity contribution in [2.75, 3.05) is 0 Å². The Hall–Kier alpha value is -2.13. The summed E-state index contributed by atoms with van der Waals surface area (Å²) in [5.74, 6) is 0.0819. The van der Waals surface area contributed by atoms with E-state index in [2.05, 4.69) is 0 Å². The highest BCUT2D eigenvalue weighted by Gasteiger charge is 2.29. The minimum absolute atomic E-state index is 0.320. The fraction of sp³-hybridized carbons (Fsp3) is 0.125. The van der Waals surface area contributed by atoms with Gasteiger partial charge in [-0.25, -0.2) is 4.39 Å². The molecule has 0 aliphatic carbocycles. The second-order valence-electron chi connectivity index (χ2n) is 4.73. The number of aliphatic hydroxyl groups is 1. The largest absolute Gasteiger partial charge is 0.458 e. The first-order chi connectivity index (χ1) is 9.07. The van der Waals surface area contributed by atoms with E-state index < -0.39 is 5.60 Å². The molecule has 3 rings (SSSR count). The van der Waals surface area contributed by atoms with Gasteiger partial charge in [0, 0.05) is 5.39 Å². The van der Waals surface area contributed by atoms with E-state index in [9.17, 15) is 9.50 Å². The fourth-order valence-corrected chi connectivity index (χ4v) is 2.16. The highest BCUT2D eigenvalue weighted by molar-refractivity contribution is 5.78. The molecule has 1 aromatic heterocycles. The molecule has 0 amide bonds. The van der Waals surface area contributed by atoms with Crippen LogP contribution in [0.4, 0.5) is 4.39 Å². The maximum Gasteiger partial charge on any atom is 0.144 e. The number of fused-ring (bicyclic) bond motifs is 1. The standard InChI is InChI=1S/C16H13FO2/c1-16(18,12-5-3-2-4-6-12)15-10-11-9-13(17)7-8-14(11)19-15/h2-10,18H,1H3. The van der Waals surface area contributed by atoms with Crippen molar-refractivity contribution < 1.29 is 13.9 Å². The predicted molar refractivity (Wildman–Crippen MR) is 71.3 cm³/mol. The second kappa shape index (κ2) is 4.21. The number of hydrogen-bond acceptors (Lipinski definition) is 2. The van der Waals surface area contributed by atoms with Crippen molar-refractivity contribution in [1.29, 1.82) is 0 Å². The Kier molecular flexibility index (Phi) is 2.64. The third kappa shape index (κ3) is 2.02. The molecular weight excluding hydrogens is 243 g/mol. The molecule has 0 radical (unpaired) electrons. The quantitative estimate of drug-likeness (QED) is 0.756. The molecule has 96 valence electrons. The van der Waals surface area contributed by atoms with Gasteiger partial charge in [-0.05, 0) is 36.8 Å². The summed E-state index contributed by atoms with van der Waals surface area (Å²) in [7, 11) is 0. The number of hydrogen-bond donors (Lipinski definition) is 1. The van der Waals surface area contributed by atoms with Gasteiger partial charge in [-0.2, -0.15) is 0 Å². The zero-order valence-electron chi connectivity index (χ0n) is 10.4. The fourth-order valence-electron chi connectivity index (χ4n) is 2.16. The molecule has 0 aliphatic heterocycles. The Bertz CT molecular complexity index is 714. The molecule has 0 spiro atoms. The zero-order chi connectivity index (χ0) is 13.5. The summed E-state index contributed by atoms with van der Waals surface area (Å²) in [6.07, 6.45) is 0. The van der Waals surface area contributed by atoms with Gasteiger partial charge in [0.25, 0.3) is 0 Å². The highest BCUT2D eigenvalue weighted by Crippen LogP contribution is 2.33. The van der Waals surface area contributed by atoms with Crippen LogP contribution < -0.4 is 0 Å². The van der Waals surface area contributed by atoms with Crippen LogP contribution in [0.2, 0.25) is 0 Å². The topological polar surface area (TPSA) is 33.4 Å². The minimum Gasteiger partial charge on any atom is -0.458 e. The molecule has 3 aromatic rings. The van der Waals surface area contributed by atoms with Gasteiger partial charge >= 0.3 is 0 Å². The van der Waals surface area contributed by atoms with Gasteiger partial charge in [0.1, 0.15) is 22.8 Å². The van der Waals surface area contributed by atoms with Crippen molar-refractivity contribution in [3.05, 3.63) is 71.7 Å². The molecule has 1 heterocycles. The van der Waals surface area contributed by atoms with E-state index in [1.54, 1.807) is 19.1 Å². The first-order valence-corrected chi connectivity index (χ1v) is 6.05. The molecular formula is C16H13FO2. The van der Waals surface area contributed by atoms with Crippen LogP contribution in [0.15, 0.2) is 59.0 Å². The summed E-state index contributed by atoms with van der Waals surface area (Å²) in [6, 6.07) is 15.2. The molecule has 3 heteroatoms. The van der Waals surface area contributed by atoms with Crippen LogP contribution >= 0.6 is 0 Å². The van der Waals surface area contributed by atoms with Gasteiger partial charge < -0.3 is 9.52 Å². The van der Waals surface area contributed by atoms with Crippen LogP contribution in [0.3, 0.4) is 0 Å². The molecule has 2 nitrogen and oxygen atoms in total. The number of furan rings is 1. The molecule has 1 N–H and O–H groups in total. The molecule has 1 atom stereocenters. The predicted octanol–water partition coefficient (Wildman–Crippen LogP) is 3.83. The summed E-state index contributed by atoms with van der Waals surface area (Å²) in [5.41, 5.74) is 0.0543. The van der Waals surface area contributed by atoms with Crippen LogP contribution in [0.25, 0.3) is 11.0 Å². The normalized spacial score (nSPS) is 14.5. The van der Waals surface area contributed by atoms with Crippen LogP contribution in [0.1, 0.15) is 18.2 Å². The SMILES string of the molecule is CC(O)(c1ccccc1)c1cc2cc(F)ccc2o1. The van der Waals surface area contributed by atoms with E-state index in [1.807, 2.05) is 30.3 Å². The summed E-state index contributed by atoms with van der Waals surface area (Å²) in [6.45, 7) is 1.66. The van der Waals surface area contributed by atoms with Crippen molar-refractivity contribution >= 4 is 11.0 Å².